The number of aliphatic hydroxyl groups is 1. The first kappa shape index (κ1) is 12.9. The van der Waals surface area contributed by atoms with Crippen LogP contribution in [0.3, 0.4) is 0 Å². The molecule has 1 heterocycles. The van der Waals surface area contributed by atoms with Gasteiger partial charge in [0, 0.05) is 6.54 Å². The van der Waals surface area contributed by atoms with Crippen molar-refractivity contribution >= 4 is 12.0 Å². The van der Waals surface area contributed by atoms with E-state index in [1.54, 1.807) is 0 Å². The zero-order chi connectivity index (χ0) is 13.0. The molecule has 1 aliphatic carbocycles. The fourth-order valence-corrected chi connectivity index (χ4v) is 2.26. The van der Waals surface area contributed by atoms with Gasteiger partial charge in [0.1, 0.15) is 6.26 Å². The van der Waals surface area contributed by atoms with Crippen LogP contribution in [0.5, 0.6) is 0 Å². The maximum atomic E-state index is 10.6. The molecule has 0 bridgehead atoms. The summed E-state index contributed by atoms with van der Waals surface area (Å²) in [4.78, 5) is 14.4. The first-order valence-corrected chi connectivity index (χ1v) is 6.24. The van der Waals surface area contributed by atoms with Gasteiger partial charge in [-0.05, 0) is 12.8 Å². The van der Waals surface area contributed by atoms with E-state index in [1.165, 1.54) is 0 Å². The Kier molecular flexibility index (Phi) is 3.86. The van der Waals surface area contributed by atoms with Gasteiger partial charge in [0.05, 0.1) is 5.60 Å². The van der Waals surface area contributed by atoms with E-state index in [9.17, 15) is 9.90 Å². The average Bonchev–Trinajstić information content (AvgIpc) is 2.71. The number of hydrogen-bond acceptors (Lipinski definition) is 5. The fraction of sp³-hybridized carbons (Fsp3) is 0.667. The minimum Gasteiger partial charge on any atom is -0.476 e. The van der Waals surface area contributed by atoms with Gasteiger partial charge >= 0.3 is 5.97 Å². The van der Waals surface area contributed by atoms with Crippen LogP contribution >= 0.6 is 0 Å². The molecule has 1 aromatic heterocycles. The van der Waals surface area contributed by atoms with Gasteiger partial charge in [-0.3, -0.25) is 0 Å². The van der Waals surface area contributed by atoms with E-state index in [2.05, 4.69) is 10.3 Å². The number of carboxylic acids is 1. The van der Waals surface area contributed by atoms with E-state index in [1.807, 2.05) is 0 Å². The molecule has 1 fully saturated rings. The number of rotatable bonds is 4. The SMILES string of the molecule is O=C(O)c1coc(NCC2(O)CCCCCC2)n1. The van der Waals surface area contributed by atoms with E-state index in [0.29, 0.717) is 6.54 Å². The molecule has 2 rings (SSSR count). The van der Waals surface area contributed by atoms with Crippen molar-refractivity contribution in [1.29, 1.82) is 0 Å². The lowest BCUT2D eigenvalue weighted by Crippen LogP contribution is -2.36. The Bertz CT molecular complexity index is 408. The van der Waals surface area contributed by atoms with Gasteiger partial charge in [-0.2, -0.15) is 4.98 Å². The minimum atomic E-state index is -1.13. The molecule has 0 atom stereocenters. The molecule has 0 saturated heterocycles. The normalized spacial score (nSPS) is 19.2. The van der Waals surface area contributed by atoms with Crippen molar-refractivity contribution in [1.82, 2.24) is 4.98 Å². The summed E-state index contributed by atoms with van der Waals surface area (Å²) in [6, 6.07) is 0.144. The van der Waals surface area contributed by atoms with Crippen molar-refractivity contribution in [2.75, 3.05) is 11.9 Å². The molecule has 18 heavy (non-hydrogen) atoms. The van der Waals surface area contributed by atoms with Crippen LogP contribution < -0.4 is 5.32 Å². The summed E-state index contributed by atoms with van der Waals surface area (Å²) in [6.07, 6.45) is 6.95. The van der Waals surface area contributed by atoms with Gasteiger partial charge in [-0.1, -0.05) is 25.7 Å². The summed E-state index contributed by atoms with van der Waals surface area (Å²) in [5.41, 5.74) is -0.876. The van der Waals surface area contributed by atoms with Crippen LogP contribution in [0.15, 0.2) is 10.7 Å². The second-order valence-corrected chi connectivity index (χ2v) is 4.84. The summed E-state index contributed by atoms with van der Waals surface area (Å²) in [7, 11) is 0. The summed E-state index contributed by atoms with van der Waals surface area (Å²) in [5.74, 6) is -1.13. The smallest absolute Gasteiger partial charge is 0.357 e. The standard InChI is InChI=1S/C12H18N2O4/c15-10(16)9-7-18-11(14-9)13-8-12(17)5-3-1-2-4-6-12/h7,17H,1-6,8H2,(H,13,14)(H,15,16). The second kappa shape index (κ2) is 5.39. The Morgan fingerprint density at radius 1 is 1.39 bits per heavy atom. The lowest BCUT2D eigenvalue weighted by atomic mass is 9.95. The molecule has 1 aromatic rings. The van der Waals surface area contributed by atoms with E-state index >= 15 is 0 Å². The van der Waals surface area contributed by atoms with Crippen LogP contribution in [0.25, 0.3) is 0 Å². The van der Waals surface area contributed by atoms with E-state index < -0.39 is 11.6 Å². The van der Waals surface area contributed by atoms with Gasteiger partial charge in [0.25, 0.3) is 6.01 Å². The molecule has 3 N–H and O–H groups in total. The van der Waals surface area contributed by atoms with Crippen LogP contribution in [0.2, 0.25) is 0 Å². The van der Waals surface area contributed by atoms with Crippen molar-refractivity contribution in [3.8, 4) is 0 Å². The minimum absolute atomic E-state index is 0.134. The molecule has 0 radical (unpaired) electrons. The fourth-order valence-electron chi connectivity index (χ4n) is 2.26. The van der Waals surface area contributed by atoms with Crippen LogP contribution in [-0.2, 0) is 0 Å². The van der Waals surface area contributed by atoms with Crippen LogP contribution in [0.1, 0.15) is 49.0 Å². The molecule has 6 heteroatoms. The molecular weight excluding hydrogens is 236 g/mol. The summed E-state index contributed by atoms with van der Waals surface area (Å²) >= 11 is 0. The van der Waals surface area contributed by atoms with E-state index in [-0.39, 0.29) is 11.7 Å². The third-order valence-corrected chi connectivity index (χ3v) is 3.33. The average molecular weight is 254 g/mol. The largest absolute Gasteiger partial charge is 0.476 e. The topological polar surface area (TPSA) is 95.6 Å². The quantitative estimate of drug-likeness (QED) is 0.710. The summed E-state index contributed by atoms with van der Waals surface area (Å²) in [6.45, 7) is 0.340. The number of carboxylic acid groups (broad SMARTS) is 1. The number of nitrogens with zero attached hydrogens (tertiary/aromatic N) is 1. The number of anilines is 1. The number of oxazole rings is 1. The van der Waals surface area contributed by atoms with Gasteiger partial charge in [-0.25, -0.2) is 4.79 Å². The summed E-state index contributed by atoms with van der Waals surface area (Å²) in [5, 5.41) is 22.0. The lowest BCUT2D eigenvalue weighted by Gasteiger charge is -2.26. The summed E-state index contributed by atoms with van der Waals surface area (Å²) < 4.78 is 4.98. The van der Waals surface area contributed by atoms with Crippen LogP contribution in [-0.4, -0.2) is 33.3 Å². The van der Waals surface area contributed by atoms with Gasteiger partial charge in [0.2, 0.25) is 0 Å². The number of hydrogen-bond donors (Lipinski definition) is 3. The lowest BCUT2D eigenvalue weighted by molar-refractivity contribution is 0.0376. The van der Waals surface area contributed by atoms with Crippen molar-refractivity contribution in [2.45, 2.75) is 44.1 Å². The predicted octanol–water partition coefficient (Wildman–Crippen LogP) is 1.87. The molecule has 100 valence electrons. The molecule has 0 spiro atoms. The molecular formula is C12H18N2O4. The Hall–Kier alpha value is -1.56. The molecule has 0 aromatic carbocycles. The maximum Gasteiger partial charge on any atom is 0.357 e. The molecule has 0 amide bonds. The van der Waals surface area contributed by atoms with Crippen molar-refractivity contribution in [3.63, 3.8) is 0 Å². The second-order valence-electron chi connectivity index (χ2n) is 4.84. The number of aromatic carboxylic acids is 1. The zero-order valence-electron chi connectivity index (χ0n) is 10.2. The van der Waals surface area contributed by atoms with Crippen LogP contribution in [0.4, 0.5) is 6.01 Å². The molecule has 0 unspecified atom stereocenters. The molecule has 0 aliphatic heterocycles. The number of aromatic nitrogens is 1. The third-order valence-electron chi connectivity index (χ3n) is 3.33. The van der Waals surface area contributed by atoms with Crippen LogP contribution in [0, 0.1) is 0 Å². The highest BCUT2D eigenvalue weighted by Crippen LogP contribution is 2.27. The molecule has 6 nitrogen and oxygen atoms in total. The Balaban J connectivity index is 1.91. The predicted molar refractivity (Wildman–Crippen MR) is 64.6 cm³/mol. The first-order chi connectivity index (χ1) is 8.59. The highest BCUT2D eigenvalue weighted by atomic mass is 16.4. The highest BCUT2D eigenvalue weighted by molar-refractivity contribution is 5.85. The van der Waals surface area contributed by atoms with Gasteiger partial charge in [0.15, 0.2) is 5.69 Å². The monoisotopic (exact) mass is 254 g/mol. The highest BCUT2D eigenvalue weighted by Gasteiger charge is 2.28. The Labute approximate surface area is 105 Å². The zero-order valence-corrected chi connectivity index (χ0v) is 10.2. The van der Waals surface area contributed by atoms with Crippen molar-refractivity contribution < 1.29 is 19.4 Å². The Morgan fingerprint density at radius 2 is 2.06 bits per heavy atom. The number of nitrogens with one attached hydrogen (secondary N) is 1. The number of carbonyl (C=O) groups is 1. The molecule has 1 saturated carbocycles. The van der Waals surface area contributed by atoms with E-state index in [0.717, 1.165) is 44.8 Å². The van der Waals surface area contributed by atoms with Gasteiger partial charge in [-0.15, -0.1) is 0 Å². The third kappa shape index (κ3) is 3.22. The Morgan fingerprint density at radius 3 is 2.61 bits per heavy atom. The maximum absolute atomic E-state index is 10.6. The first-order valence-electron chi connectivity index (χ1n) is 6.24. The van der Waals surface area contributed by atoms with Crippen molar-refractivity contribution in [2.24, 2.45) is 0 Å². The molecule has 1 aliphatic rings. The van der Waals surface area contributed by atoms with E-state index in [4.69, 9.17) is 9.52 Å². The van der Waals surface area contributed by atoms with Crippen molar-refractivity contribution in [3.05, 3.63) is 12.0 Å². The van der Waals surface area contributed by atoms with Gasteiger partial charge < -0.3 is 19.9 Å².